The van der Waals surface area contributed by atoms with Crippen molar-refractivity contribution >= 4 is 11.3 Å². The highest BCUT2D eigenvalue weighted by Crippen LogP contribution is 2.19. The van der Waals surface area contributed by atoms with Crippen molar-refractivity contribution < 1.29 is 4.74 Å². The second-order valence-electron chi connectivity index (χ2n) is 3.30. The number of nitrogens with zero attached hydrogens (tertiary/aromatic N) is 2. The van der Waals surface area contributed by atoms with Crippen molar-refractivity contribution in [3.05, 3.63) is 11.6 Å². The predicted molar refractivity (Wildman–Crippen MR) is 53.3 cm³/mol. The maximum atomic E-state index is 5.63. The van der Waals surface area contributed by atoms with Crippen molar-refractivity contribution in [3.8, 4) is 5.19 Å². The van der Waals surface area contributed by atoms with Crippen LogP contribution in [-0.4, -0.2) is 35.6 Å². The van der Waals surface area contributed by atoms with Crippen LogP contribution in [0, 0.1) is 0 Å². The SMILES string of the molecule is CCCN1CC(Oc2nccs2)C1. The van der Waals surface area contributed by atoms with E-state index in [4.69, 9.17) is 4.74 Å². The molecule has 1 aliphatic rings. The van der Waals surface area contributed by atoms with E-state index in [1.165, 1.54) is 13.0 Å². The van der Waals surface area contributed by atoms with Crippen LogP contribution in [0.1, 0.15) is 13.3 Å². The van der Waals surface area contributed by atoms with Crippen molar-refractivity contribution in [2.45, 2.75) is 19.4 Å². The number of thiazole rings is 1. The summed E-state index contributed by atoms with van der Waals surface area (Å²) in [5, 5.41) is 2.75. The third-order valence-corrected chi connectivity index (χ3v) is 2.80. The summed E-state index contributed by atoms with van der Waals surface area (Å²) < 4.78 is 5.63. The number of rotatable bonds is 4. The lowest BCUT2D eigenvalue weighted by Gasteiger charge is -2.38. The Morgan fingerprint density at radius 3 is 3.15 bits per heavy atom. The summed E-state index contributed by atoms with van der Waals surface area (Å²) in [6, 6.07) is 0. The molecule has 0 aromatic carbocycles. The van der Waals surface area contributed by atoms with Crippen molar-refractivity contribution in [2.75, 3.05) is 19.6 Å². The molecule has 1 aromatic heterocycles. The Morgan fingerprint density at radius 1 is 1.69 bits per heavy atom. The van der Waals surface area contributed by atoms with Crippen LogP contribution < -0.4 is 4.74 Å². The third-order valence-electron chi connectivity index (χ3n) is 2.14. The molecule has 0 unspecified atom stereocenters. The molecule has 1 aromatic rings. The van der Waals surface area contributed by atoms with Gasteiger partial charge < -0.3 is 4.74 Å². The Labute approximate surface area is 82.3 Å². The Kier molecular flexibility index (Phi) is 2.80. The molecule has 4 heteroatoms. The largest absolute Gasteiger partial charge is 0.464 e. The van der Waals surface area contributed by atoms with Gasteiger partial charge in [0, 0.05) is 24.7 Å². The third kappa shape index (κ3) is 2.19. The zero-order chi connectivity index (χ0) is 9.10. The highest BCUT2D eigenvalue weighted by molar-refractivity contribution is 7.11. The molecule has 2 heterocycles. The second-order valence-corrected chi connectivity index (χ2v) is 4.15. The highest BCUT2D eigenvalue weighted by Gasteiger charge is 2.27. The van der Waals surface area contributed by atoms with E-state index >= 15 is 0 Å². The molecule has 3 nitrogen and oxygen atoms in total. The van der Waals surface area contributed by atoms with Gasteiger partial charge in [-0.1, -0.05) is 18.3 Å². The first-order chi connectivity index (χ1) is 6.38. The van der Waals surface area contributed by atoms with Crippen molar-refractivity contribution in [1.29, 1.82) is 0 Å². The molecule has 0 N–H and O–H groups in total. The second kappa shape index (κ2) is 4.07. The number of likely N-dealkylation sites (tertiary alicyclic amines) is 1. The fraction of sp³-hybridized carbons (Fsp3) is 0.667. The van der Waals surface area contributed by atoms with Gasteiger partial charge in [0.1, 0.15) is 6.10 Å². The molecule has 0 atom stereocenters. The Hall–Kier alpha value is -0.610. The minimum Gasteiger partial charge on any atom is -0.464 e. The monoisotopic (exact) mass is 198 g/mol. The molecular weight excluding hydrogens is 184 g/mol. The molecule has 0 amide bonds. The number of hydrogen-bond acceptors (Lipinski definition) is 4. The van der Waals surface area contributed by atoms with Crippen LogP contribution >= 0.6 is 11.3 Å². The minimum absolute atomic E-state index is 0.373. The van der Waals surface area contributed by atoms with E-state index in [0.717, 1.165) is 18.3 Å². The van der Waals surface area contributed by atoms with Crippen molar-refractivity contribution in [2.24, 2.45) is 0 Å². The molecule has 13 heavy (non-hydrogen) atoms. The maximum absolute atomic E-state index is 5.63. The molecular formula is C9H14N2OS. The standard InChI is InChI=1S/C9H14N2OS/c1-2-4-11-6-8(7-11)12-9-10-3-5-13-9/h3,5,8H,2,4,6-7H2,1H3. The first-order valence-corrected chi connectivity index (χ1v) is 5.55. The van der Waals surface area contributed by atoms with Gasteiger partial charge in [0.25, 0.3) is 5.19 Å². The molecule has 72 valence electrons. The van der Waals surface area contributed by atoms with E-state index in [0.29, 0.717) is 6.10 Å². The topological polar surface area (TPSA) is 25.4 Å². The predicted octanol–water partition coefficient (Wildman–Crippen LogP) is 1.62. The molecule has 0 radical (unpaired) electrons. The van der Waals surface area contributed by atoms with E-state index < -0.39 is 0 Å². The Morgan fingerprint density at radius 2 is 2.54 bits per heavy atom. The van der Waals surface area contributed by atoms with Crippen LogP contribution in [0.5, 0.6) is 5.19 Å². The van der Waals surface area contributed by atoms with E-state index in [2.05, 4.69) is 16.8 Å². The van der Waals surface area contributed by atoms with Gasteiger partial charge in [0.05, 0.1) is 0 Å². The van der Waals surface area contributed by atoms with Gasteiger partial charge >= 0.3 is 0 Å². The lowest BCUT2D eigenvalue weighted by molar-refractivity contribution is 0.0201. The molecule has 0 aliphatic carbocycles. The lowest BCUT2D eigenvalue weighted by atomic mass is 10.1. The van der Waals surface area contributed by atoms with Crippen LogP contribution in [0.25, 0.3) is 0 Å². The molecule has 1 saturated heterocycles. The average Bonchev–Trinajstić information content (AvgIpc) is 2.53. The molecule has 0 bridgehead atoms. The summed E-state index contributed by atoms with van der Waals surface area (Å²) in [6.45, 7) is 5.52. The lowest BCUT2D eigenvalue weighted by Crippen LogP contribution is -2.53. The summed E-state index contributed by atoms with van der Waals surface area (Å²) in [5.41, 5.74) is 0. The van der Waals surface area contributed by atoms with Gasteiger partial charge in [-0.3, -0.25) is 4.90 Å². The molecule has 0 saturated carbocycles. The molecule has 2 rings (SSSR count). The Bertz CT molecular complexity index is 244. The van der Waals surface area contributed by atoms with Gasteiger partial charge in [-0.15, -0.1) is 0 Å². The number of ether oxygens (including phenoxy) is 1. The van der Waals surface area contributed by atoms with Gasteiger partial charge in [-0.05, 0) is 13.0 Å². The van der Waals surface area contributed by atoms with E-state index in [-0.39, 0.29) is 0 Å². The van der Waals surface area contributed by atoms with E-state index in [1.807, 2.05) is 5.38 Å². The Balaban J connectivity index is 1.70. The van der Waals surface area contributed by atoms with E-state index in [9.17, 15) is 0 Å². The van der Waals surface area contributed by atoms with Gasteiger partial charge in [0.2, 0.25) is 0 Å². The van der Waals surface area contributed by atoms with Crippen LogP contribution in [0.15, 0.2) is 11.6 Å². The van der Waals surface area contributed by atoms with Crippen LogP contribution in [-0.2, 0) is 0 Å². The quantitative estimate of drug-likeness (QED) is 0.735. The molecule has 0 spiro atoms. The van der Waals surface area contributed by atoms with Gasteiger partial charge in [0.15, 0.2) is 0 Å². The number of hydrogen-bond donors (Lipinski definition) is 0. The summed E-state index contributed by atoms with van der Waals surface area (Å²) in [6.07, 6.45) is 3.38. The first-order valence-electron chi connectivity index (χ1n) is 4.67. The molecule has 1 aliphatic heterocycles. The number of aromatic nitrogens is 1. The zero-order valence-electron chi connectivity index (χ0n) is 7.77. The average molecular weight is 198 g/mol. The summed E-state index contributed by atoms with van der Waals surface area (Å²) in [5.74, 6) is 0. The van der Waals surface area contributed by atoms with Crippen LogP contribution in [0.2, 0.25) is 0 Å². The van der Waals surface area contributed by atoms with E-state index in [1.54, 1.807) is 17.5 Å². The van der Waals surface area contributed by atoms with Gasteiger partial charge in [-0.2, -0.15) is 0 Å². The smallest absolute Gasteiger partial charge is 0.273 e. The first kappa shape index (κ1) is 8.97. The maximum Gasteiger partial charge on any atom is 0.273 e. The highest BCUT2D eigenvalue weighted by atomic mass is 32.1. The minimum atomic E-state index is 0.373. The zero-order valence-corrected chi connectivity index (χ0v) is 8.59. The summed E-state index contributed by atoms with van der Waals surface area (Å²) in [7, 11) is 0. The normalized spacial score (nSPS) is 18.5. The van der Waals surface area contributed by atoms with Crippen LogP contribution in [0.4, 0.5) is 0 Å². The fourth-order valence-corrected chi connectivity index (χ4v) is 2.06. The fourth-order valence-electron chi connectivity index (χ4n) is 1.51. The summed E-state index contributed by atoms with van der Waals surface area (Å²) >= 11 is 1.56. The van der Waals surface area contributed by atoms with Crippen molar-refractivity contribution in [3.63, 3.8) is 0 Å². The van der Waals surface area contributed by atoms with Crippen molar-refractivity contribution in [1.82, 2.24) is 9.88 Å². The van der Waals surface area contributed by atoms with Gasteiger partial charge in [-0.25, -0.2) is 4.98 Å². The van der Waals surface area contributed by atoms with Crippen LogP contribution in [0.3, 0.4) is 0 Å². The molecule has 1 fully saturated rings. The summed E-state index contributed by atoms with van der Waals surface area (Å²) in [4.78, 5) is 6.49.